The third kappa shape index (κ3) is 81.9. The molecule has 17 nitrogen and oxygen atoms in total. The number of hydrogen-bond donors (Lipinski definition) is 3. The van der Waals surface area contributed by atoms with Gasteiger partial charge in [-0.15, -0.1) is 0 Å². The Morgan fingerprint density at radius 3 is 0.636 bits per heavy atom. The molecule has 0 aliphatic heterocycles. The number of phosphoric ester groups is 2. The van der Waals surface area contributed by atoms with E-state index < -0.39 is 97.5 Å². The molecule has 107 heavy (non-hydrogen) atoms. The Morgan fingerprint density at radius 2 is 0.430 bits per heavy atom. The largest absolute Gasteiger partial charge is 0.472 e. The number of carbonyl (C=O) groups is 4. The van der Waals surface area contributed by atoms with Crippen LogP contribution in [0, 0.1) is 5.92 Å². The minimum Gasteiger partial charge on any atom is -0.462 e. The van der Waals surface area contributed by atoms with Crippen molar-refractivity contribution in [2.24, 2.45) is 5.92 Å². The van der Waals surface area contributed by atoms with Gasteiger partial charge in [0.1, 0.15) is 19.3 Å². The second-order valence-electron chi connectivity index (χ2n) is 32.1. The number of ether oxygens (including phenoxy) is 4. The lowest BCUT2D eigenvalue weighted by atomic mass is 10.0. The minimum atomic E-state index is -4.97. The summed E-state index contributed by atoms with van der Waals surface area (Å²) < 4.78 is 68.9. The highest BCUT2D eigenvalue weighted by molar-refractivity contribution is 7.47. The van der Waals surface area contributed by atoms with Gasteiger partial charge < -0.3 is 33.8 Å². The highest BCUT2D eigenvalue weighted by Gasteiger charge is 2.30. The van der Waals surface area contributed by atoms with Gasteiger partial charge in [0.05, 0.1) is 26.4 Å². The Kier molecular flexibility index (Phi) is 79.2. The number of unbranched alkanes of at least 4 members (excludes halogenated alkanes) is 60. The molecule has 0 saturated heterocycles. The van der Waals surface area contributed by atoms with Crippen molar-refractivity contribution in [3.63, 3.8) is 0 Å². The summed E-state index contributed by atoms with van der Waals surface area (Å²) in [6, 6.07) is 0. The molecule has 0 aromatic rings. The van der Waals surface area contributed by atoms with Gasteiger partial charge in [-0.25, -0.2) is 9.13 Å². The van der Waals surface area contributed by atoms with Crippen molar-refractivity contribution in [1.29, 1.82) is 0 Å². The zero-order valence-corrected chi connectivity index (χ0v) is 72.1. The van der Waals surface area contributed by atoms with E-state index in [1.807, 2.05) is 0 Å². The first-order chi connectivity index (χ1) is 52.0. The summed E-state index contributed by atoms with van der Waals surface area (Å²) in [5.74, 6) is -1.42. The lowest BCUT2D eigenvalue weighted by molar-refractivity contribution is -0.161. The second-order valence-corrected chi connectivity index (χ2v) is 35.0. The number of rotatable bonds is 88. The Balaban J connectivity index is 5.20. The highest BCUT2D eigenvalue weighted by atomic mass is 31.2. The van der Waals surface area contributed by atoms with Crippen LogP contribution in [0.5, 0.6) is 0 Å². The fourth-order valence-electron chi connectivity index (χ4n) is 13.8. The molecular weight excluding hydrogens is 1390 g/mol. The van der Waals surface area contributed by atoms with Crippen molar-refractivity contribution in [1.82, 2.24) is 0 Å². The molecule has 0 spiro atoms. The Hall–Kier alpha value is -1.94. The number of phosphoric acid groups is 2. The lowest BCUT2D eigenvalue weighted by Gasteiger charge is -2.21. The van der Waals surface area contributed by atoms with E-state index in [0.29, 0.717) is 31.6 Å². The quantitative estimate of drug-likeness (QED) is 0.0222. The summed E-state index contributed by atoms with van der Waals surface area (Å²) in [7, 11) is -9.93. The Labute approximate surface area is 658 Å². The van der Waals surface area contributed by atoms with Crippen LogP contribution in [0.25, 0.3) is 0 Å². The van der Waals surface area contributed by atoms with Crippen LogP contribution in [-0.4, -0.2) is 96.7 Å². The average Bonchev–Trinajstić information content (AvgIpc) is 0.914. The zero-order chi connectivity index (χ0) is 78.3. The molecule has 5 atom stereocenters. The fourth-order valence-corrected chi connectivity index (χ4v) is 15.4. The lowest BCUT2D eigenvalue weighted by Crippen LogP contribution is -2.30. The number of aliphatic hydroxyl groups is 1. The molecule has 0 aromatic heterocycles. The van der Waals surface area contributed by atoms with E-state index in [0.717, 1.165) is 96.3 Å². The van der Waals surface area contributed by atoms with E-state index in [9.17, 15) is 43.2 Å². The monoisotopic (exact) mass is 1560 g/mol. The molecule has 0 rings (SSSR count). The molecule has 0 aliphatic rings. The van der Waals surface area contributed by atoms with Crippen LogP contribution < -0.4 is 0 Å². The summed E-state index contributed by atoms with van der Waals surface area (Å²) >= 11 is 0. The summed E-state index contributed by atoms with van der Waals surface area (Å²) in [6.45, 7) is 7.29. The van der Waals surface area contributed by atoms with Gasteiger partial charge in [-0.05, 0) is 31.6 Å². The average molecular weight is 1560 g/mol. The number of carbonyl (C=O) groups excluding carboxylic acids is 4. The van der Waals surface area contributed by atoms with Crippen molar-refractivity contribution in [2.45, 2.75) is 496 Å². The maximum atomic E-state index is 13.2. The second kappa shape index (κ2) is 80.7. The third-order valence-electron chi connectivity index (χ3n) is 20.8. The topological polar surface area (TPSA) is 237 Å². The van der Waals surface area contributed by atoms with E-state index in [4.69, 9.17) is 37.0 Å². The molecule has 0 heterocycles. The maximum absolute atomic E-state index is 13.2. The molecule has 3 N–H and O–H groups in total. The summed E-state index contributed by atoms with van der Waals surface area (Å²) in [4.78, 5) is 73.2. The first kappa shape index (κ1) is 105. The minimum absolute atomic E-state index is 0.108. The van der Waals surface area contributed by atoms with Gasteiger partial charge in [0.15, 0.2) is 12.2 Å². The van der Waals surface area contributed by atoms with Gasteiger partial charge in [0.25, 0.3) is 0 Å². The Bertz CT molecular complexity index is 2030. The first-order valence-electron chi connectivity index (χ1n) is 45.6. The molecule has 0 aliphatic carbocycles. The van der Waals surface area contributed by atoms with Crippen LogP contribution in [-0.2, 0) is 65.4 Å². The third-order valence-corrected chi connectivity index (χ3v) is 22.7. The van der Waals surface area contributed by atoms with Crippen molar-refractivity contribution < 1.29 is 80.2 Å². The molecular formula is C88H172O17P2. The molecule has 0 amide bonds. The van der Waals surface area contributed by atoms with E-state index in [1.165, 1.54) is 295 Å². The summed E-state index contributed by atoms with van der Waals surface area (Å²) in [5, 5.41) is 10.7. The van der Waals surface area contributed by atoms with Gasteiger partial charge in [-0.2, -0.15) is 0 Å². The molecule has 0 fully saturated rings. The predicted molar refractivity (Wildman–Crippen MR) is 442 cm³/mol. The van der Waals surface area contributed by atoms with Crippen LogP contribution in [0.4, 0.5) is 0 Å². The SMILES string of the molecule is CCCCCCCCCCCCCCCCCCCCCCCC(=O)O[C@H](COC(=O)CCCCCCCCCCCCCCCCCCCCC)COP(=O)(O)OC[C@@H](O)COP(=O)(O)OC[C@@H](COC(=O)CCCCCCCCC(C)C)OC(=O)CCCCCCCCCCCCCCCCCCCC. The molecule has 19 heteroatoms. The van der Waals surface area contributed by atoms with Crippen LogP contribution in [0.3, 0.4) is 0 Å². The summed E-state index contributed by atoms with van der Waals surface area (Å²) in [6.07, 6.45) is 75.3. The van der Waals surface area contributed by atoms with Crippen molar-refractivity contribution in [3.05, 3.63) is 0 Å². The molecule has 0 saturated carbocycles. The van der Waals surface area contributed by atoms with Crippen LogP contribution in [0.1, 0.15) is 478 Å². The number of hydrogen-bond acceptors (Lipinski definition) is 15. The van der Waals surface area contributed by atoms with Gasteiger partial charge in [0.2, 0.25) is 0 Å². The van der Waals surface area contributed by atoms with E-state index in [1.54, 1.807) is 0 Å². The van der Waals surface area contributed by atoms with Gasteiger partial charge in [-0.1, -0.05) is 426 Å². The van der Waals surface area contributed by atoms with Gasteiger partial charge in [0, 0.05) is 25.7 Å². The normalized spacial score (nSPS) is 13.7. The molecule has 0 aromatic carbocycles. The van der Waals surface area contributed by atoms with E-state index in [2.05, 4.69) is 34.6 Å². The maximum Gasteiger partial charge on any atom is 0.472 e. The highest BCUT2D eigenvalue weighted by Crippen LogP contribution is 2.45. The smallest absolute Gasteiger partial charge is 0.462 e. The van der Waals surface area contributed by atoms with Gasteiger partial charge >= 0.3 is 39.5 Å². The van der Waals surface area contributed by atoms with Crippen LogP contribution in [0.15, 0.2) is 0 Å². The summed E-state index contributed by atoms with van der Waals surface area (Å²) in [5.41, 5.74) is 0. The van der Waals surface area contributed by atoms with Crippen LogP contribution in [0.2, 0.25) is 0 Å². The standard InChI is InChI=1S/C88H172O17P2/c1-6-9-12-15-18-21-24-27-30-33-36-37-39-42-45-48-51-54-57-64-68-73-87(92)104-83(77-98-85(90)71-66-61-55-52-49-46-43-41-38-34-31-28-25-22-19-16-13-10-7-2)79-102-106(94,95)100-75-82(89)76-101-107(96,97)103-80-84(78-99-86(91)72-67-62-59-58-60-65-70-81(4)5)105-88(93)74-69-63-56-53-50-47-44-40-35-32-29-26-23-20-17-14-11-8-3/h81-84,89H,6-80H2,1-5H3,(H,94,95)(H,96,97)/t82-,83-,84-/m1/s1. The van der Waals surface area contributed by atoms with Crippen molar-refractivity contribution >= 4 is 39.5 Å². The molecule has 0 radical (unpaired) electrons. The predicted octanol–water partition coefficient (Wildman–Crippen LogP) is 27.2. The van der Waals surface area contributed by atoms with Gasteiger partial charge in [-0.3, -0.25) is 37.3 Å². The Morgan fingerprint density at radius 1 is 0.252 bits per heavy atom. The van der Waals surface area contributed by atoms with E-state index >= 15 is 0 Å². The van der Waals surface area contributed by atoms with E-state index in [-0.39, 0.29) is 25.7 Å². The van der Waals surface area contributed by atoms with Crippen molar-refractivity contribution in [2.75, 3.05) is 39.6 Å². The zero-order valence-electron chi connectivity index (χ0n) is 70.3. The fraction of sp³-hybridized carbons (Fsp3) is 0.955. The molecule has 636 valence electrons. The number of esters is 4. The van der Waals surface area contributed by atoms with Crippen LogP contribution >= 0.6 is 15.6 Å². The molecule has 2 unspecified atom stereocenters. The number of aliphatic hydroxyl groups excluding tert-OH is 1. The first-order valence-corrected chi connectivity index (χ1v) is 48.6. The molecule has 0 bridgehead atoms. The van der Waals surface area contributed by atoms with Crippen molar-refractivity contribution in [3.8, 4) is 0 Å².